The smallest absolute Gasteiger partial charge is 0.242 e. The van der Waals surface area contributed by atoms with Gasteiger partial charge in [-0.3, -0.25) is 4.79 Å². The molecule has 0 fully saturated rings. The third-order valence-electron chi connectivity index (χ3n) is 5.76. The second kappa shape index (κ2) is 5.06. The predicted octanol–water partition coefficient (Wildman–Crippen LogP) is 4.10. The highest BCUT2D eigenvalue weighted by molar-refractivity contribution is 6.11. The molecule has 0 radical (unpaired) electrons. The van der Waals surface area contributed by atoms with Crippen molar-refractivity contribution in [3.63, 3.8) is 0 Å². The molecule has 1 unspecified atom stereocenters. The van der Waals surface area contributed by atoms with Crippen LogP contribution in [0.4, 0.5) is 5.69 Å². The first kappa shape index (κ1) is 14.5. The highest BCUT2D eigenvalue weighted by atomic mass is 16.2. The van der Waals surface area contributed by atoms with Crippen LogP contribution in [0.3, 0.4) is 0 Å². The van der Waals surface area contributed by atoms with E-state index in [0.717, 1.165) is 12.1 Å². The Hall–Kier alpha value is -2.87. The van der Waals surface area contributed by atoms with Crippen molar-refractivity contribution < 1.29 is 4.79 Å². The number of carbonyl (C=O) groups is 1. The summed E-state index contributed by atoms with van der Waals surface area (Å²) >= 11 is 0. The topological polar surface area (TPSA) is 20.3 Å². The van der Waals surface area contributed by atoms with Gasteiger partial charge in [-0.05, 0) is 46.7 Å². The molecular weight excluding hydrogens is 306 g/mol. The molecule has 2 aliphatic rings. The number of rotatable bonds is 2. The van der Waals surface area contributed by atoms with E-state index in [-0.39, 0.29) is 5.91 Å². The number of hydrogen-bond donors (Lipinski definition) is 0. The van der Waals surface area contributed by atoms with E-state index in [4.69, 9.17) is 0 Å². The van der Waals surface area contributed by atoms with Gasteiger partial charge in [-0.2, -0.15) is 0 Å². The molecule has 0 spiro atoms. The molecule has 1 aliphatic carbocycles. The first-order valence-corrected chi connectivity index (χ1v) is 8.74. The lowest BCUT2D eigenvalue weighted by Gasteiger charge is -2.36. The minimum atomic E-state index is -0.600. The summed E-state index contributed by atoms with van der Waals surface area (Å²) in [6, 6.07) is 25.2. The van der Waals surface area contributed by atoms with Crippen LogP contribution < -0.4 is 4.90 Å². The molecule has 0 N–H and O–H groups in total. The molecule has 0 saturated heterocycles. The summed E-state index contributed by atoms with van der Waals surface area (Å²) in [7, 11) is 1.91. The van der Waals surface area contributed by atoms with Gasteiger partial charge in [0.2, 0.25) is 5.91 Å². The fraction of sp³-hybridized carbons (Fsp3) is 0.174. The van der Waals surface area contributed by atoms with Crippen LogP contribution >= 0.6 is 0 Å². The van der Waals surface area contributed by atoms with Crippen molar-refractivity contribution in [1.82, 2.24) is 0 Å². The molecule has 1 amide bonds. The summed E-state index contributed by atoms with van der Waals surface area (Å²) in [6.45, 7) is 0. The summed E-state index contributed by atoms with van der Waals surface area (Å²) in [4.78, 5) is 15.4. The highest BCUT2D eigenvalue weighted by Gasteiger charge is 2.54. The average Bonchev–Trinajstić information content (AvgIpc) is 2.87. The molecule has 0 bridgehead atoms. The van der Waals surface area contributed by atoms with E-state index in [9.17, 15) is 4.79 Å². The Bertz CT molecular complexity index is 992. The van der Waals surface area contributed by atoms with Gasteiger partial charge in [-0.25, -0.2) is 0 Å². The summed E-state index contributed by atoms with van der Waals surface area (Å²) in [5.74, 6) is 0.186. The van der Waals surface area contributed by atoms with Crippen molar-refractivity contribution in [2.45, 2.75) is 18.3 Å². The summed E-state index contributed by atoms with van der Waals surface area (Å²) in [5.41, 5.74) is 6.60. The first-order chi connectivity index (χ1) is 12.2. The summed E-state index contributed by atoms with van der Waals surface area (Å²) in [6.07, 6.45) is 1.61. The number of nitrogens with zero attached hydrogens (tertiary/aromatic N) is 1. The summed E-state index contributed by atoms with van der Waals surface area (Å²) in [5, 5.41) is 0. The number of carbonyl (C=O) groups excluding carboxylic acids is 1. The van der Waals surface area contributed by atoms with E-state index < -0.39 is 5.41 Å². The minimum Gasteiger partial charge on any atom is -0.314 e. The summed E-state index contributed by atoms with van der Waals surface area (Å²) < 4.78 is 0. The fourth-order valence-corrected chi connectivity index (χ4v) is 4.72. The van der Waals surface area contributed by atoms with E-state index in [1.54, 1.807) is 0 Å². The van der Waals surface area contributed by atoms with Crippen molar-refractivity contribution in [2.24, 2.45) is 0 Å². The van der Waals surface area contributed by atoms with E-state index in [1.807, 2.05) is 18.0 Å². The van der Waals surface area contributed by atoms with Crippen LogP contribution in [0.25, 0.3) is 0 Å². The molecule has 1 heterocycles. The van der Waals surface area contributed by atoms with Crippen molar-refractivity contribution in [1.29, 1.82) is 0 Å². The Morgan fingerprint density at radius 2 is 1.60 bits per heavy atom. The molecule has 122 valence electrons. The third kappa shape index (κ3) is 1.82. The van der Waals surface area contributed by atoms with Crippen molar-refractivity contribution in [3.05, 3.63) is 101 Å². The predicted molar refractivity (Wildman–Crippen MR) is 100 cm³/mol. The van der Waals surface area contributed by atoms with Crippen LogP contribution in [0, 0.1) is 0 Å². The average molecular weight is 325 g/mol. The van der Waals surface area contributed by atoms with Crippen LogP contribution in [0.5, 0.6) is 0 Å². The van der Waals surface area contributed by atoms with Crippen molar-refractivity contribution >= 4 is 11.6 Å². The van der Waals surface area contributed by atoms with E-state index in [2.05, 4.69) is 66.7 Å². The number of amides is 1. The van der Waals surface area contributed by atoms with E-state index >= 15 is 0 Å². The zero-order valence-corrected chi connectivity index (χ0v) is 14.2. The van der Waals surface area contributed by atoms with Crippen LogP contribution in [0.1, 0.15) is 27.8 Å². The van der Waals surface area contributed by atoms with Crippen molar-refractivity contribution in [2.75, 3.05) is 11.9 Å². The lowest BCUT2D eigenvalue weighted by atomic mass is 9.64. The van der Waals surface area contributed by atoms with Gasteiger partial charge in [0.25, 0.3) is 0 Å². The van der Waals surface area contributed by atoms with Gasteiger partial charge < -0.3 is 4.90 Å². The van der Waals surface area contributed by atoms with Gasteiger partial charge in [0.1, 0.15) is 5.41 Å². The maximum Gasteiger partial charge on any atom is 0.242 e. The molecule has 0 aromatic heterocycles. The molecule has 2 heteroatoms. The van der Waals surface area contributed by atoms with Crippen LogP contribution in [-0.2, 0) is 23.1 Å². The highest BCUT2D eigenvalue weighted by Crippen LogP contribution is 2.53. The molecule has 1 aliphatic heterocycles. The monoisotopic (exact) mass is 325 g/mol. The molecule has 5 rings (SSSR count). The number of likely N-dealkylation sites (N-methyl/N-ethyl adjacent to an activating group) is 1. The number of anilines is 1. The molecular formula is C23H19NO. The normalized spacial score (nSPS) is 20.4. The zero-order valence-electron chi connectivity index (χ0n) is 14.2. The fourth-order valence-electron chi connectivity index (χ4n) is 4.72. The minimum absolute atomic E-state index is 0.186. The van der Waals surface area contributed by atoms with Gasteiger partial charge in [0.15, 0.2) is 0 Å². The molecule has 0 saturated carbocycles. The van der Waals surface area contributed by atoms with E-state index in [1.165, 1.54) is 27.8 Å². The van der Waals surface area contributed by atoms with E-state index in [0.29, 0.717) is 6.42 Å². The number of hydrogen-bond acceptors (Lipinski definition) is 1. The lowest BCUT2D eigenvalue weighted by molar-refractivity contribution is -0.121. The first-order valence-electron chi connectivity index (χ1n) is 8.74. The SMILES string of the molecule is CN1C(=O)C2(Cc3ccccc3)c3ccccc3Cc3cccc1c32. The van der Waals surface area contributed by atoms with Gasteiger partial charge >= 0.3 is 0 Å². The van der Waals surface area contributed by atoms with Gasteiger partial charge in [-0.1, -0.05) is 66.7 Å². The Balaban J connectivity index is 1.84. The second-order valence-corrected chi connectivity index (χ2v) is 7.08. The second-order valence-electron chi connectivity index (χ2n) is 7.08. The van der Waals surface area contributed by atoms with Crippen molar-refractivity contribution in [3.8, 4) is 0 Å². The Morgan fingerprint density at radius 1 is 0.880 bits per heavy atom. The molecule has 3 aromatic carbocycles. The molecule has 25 heavy (non-hydrogen) atoms. The number of fused-ring (bicyclic) bond motifs is 2. The van der Waals surface area contributed by atoms with Gasteiger partial charge in [0, 0.05) is 12.7 Å². The maximum absolute atomic E-state index is 13.6. The Labute approximate surface area is 147 Å². The quantitative estimate of drug-likeness (QED) is 0.695. The molecule has 2 nitrogen and oxygen atoms in total. The lowest BCUT2D eigenvalue weighted by Crippen LogP contribution is -2.44. The largest absolute Gasteiger partial charge is 0.314 e. The number of benzene rings is 3. The molecule has 1 atom stereocenters. The van der Waals surface area contributed by atoms with Crippen LogP contribution in [-0.4, -0.2) is 13.0 Å². The maximum atomic E-state index is 13.6. The van der Waals surface area contributed by atoms with Crippen LogP contribution in [0.15, 0.2) is 72.8 Å². The van der Waals surface area contributed by atoms with Crippen LogP contribution in [0.2, 0.25) is 0 Å². The molecule has 3 aromatic rings. The van der Waals surface area contributed by atoms with Gasteiger partial charge in [0.05, 0.1) is 0 Å². The zero-order chi connectivity index (χ0) is 17.0. The Morgan fingerprint density at radius 3 is 2.44 bits per heavy atom. The Kier molecular flexibility index (Phi) is 2.93. The third-order valence-corrected chi connectivity index (χ3v) is 5.76. The van der Waals surface area contributed by atoms with Gasteiger partial charge in [-0.15, -0.1) is 0 Å². The standard InChI is InChI=1S/C23H19NO/c1-24-20-13-7-11-18-14-17-10-5-6-12-19(17)23(21(18)20,22(24)25)15-16-8-3-2-4-9-16/h2-13H,14-15H2,1H3.